The van der Waals surface area contributed by atoms with E-state index in [2.05, 4.69) is 37.7 Å². The summed E-state index contributed by atoms with van der Waals surface area (Å²) in [6, 6.07) is 16.5. The summed E-state index contributed by atoms with van der Waals surface area (Å²) in [5, 5.41) is 20.5. The Morgan fingerprint density at radius 3 is 1.66 bits per heavy atom. The number of aliphatic imine (C=N–C) groups is 2. The van der Waals surface area contributed by atoms with E-state index in [0.717, 1.165) is 11.1 Å². The van der Waals surface area contributed by atoms with Gasteiger partial charge in [0.05, 0.1) is 18.5 Å². The highest BCUT2D eigenvalue weighted by atomic mass is 16.5. The quantitative estimate of drug-likeness (QED) is 0.402. The van der Waals surface area contributed by atoms with Gasteiger partial charge in [-0.25, -0.2) is 0 Å². The Kier molecular flexibility index (Phi) is 7.31. The first kappa shape index (κ1) is 23.1. The summed E-state index contributed by atoms with van der Waals surface area (Å²) in [6.07, 6.45) is 3.27. The maximum atomic E-state index is 10.2. The lowest BCUT2D eigenvalue weighted by Gasteiger charge is -2.09. The molecule has 3 aromatic carbocycles. The number of benzene rings is 3. The van der Waals surface area contributed by atoms with Gasteiger partial charge in [-0.1, -0.05) is 39.8 Å². The van der Waals surface area contributed by atoms with Crippen LogP contribution in [0.4, 0.5) is 11.4 Å². The monoisotopic (exact) mass is 430 g/mol. The second-order valence-electron chi connectivity index (χ2n) is 8.32. The minimum absolute atomic E-state index is 0.168. The van der Waals surface area contributed by atoms with Crippen molar-refractivity contribution in [3.63, 3.8) is 0 Å². The van der Waals surface area contributed by atoms with Crippen LogP contribution in [-0.2, 0) is 0 Å². The van der Waals surface area contributed by atoms with Crippen LogP contribution in [0.25, 0.3) is 0 Å². The predicted octanol–water partition coefficient (Wildman–Crippen LogP) is 6.85. The summed E-state index contributed by atoms with van der Waals surface area (Å²) in [6.45, 7) is 8.42. The molecule has 0 aliphatic rings. The molecule has 0 fully saturated rings. The molecule has 0 amide bonds. The van der Waals surface area contributed by atoms with Gasteiger partial charge in [0.15, 0.2) is 0 Å². The Balaban J connectivity index is 1.98. The zero-order valence-corrected chi connectivity index (χ0v) is 19.2. The lowest BCUT2D eigenvalue weighted by Crippen LogP contribution is -1.91. The molecular weight excluding hydrogens is 400 g/mol. The molecule has 0 unspecified atom stereocenters. The van der Waals surface area contributed by atoms with Crippen molar-refractivity contribution in [2.75, 3.05) is 7.11 Å². The number of aromatic hydroxyl groups is 2. The SMILES string of the molecule is COc1ccc(N=Cc2cc(C(C)C)ccc2O)c(N=Cc2cc(C(C)C)ccc2O)c1. The van der Waals surface area contributed by atoms with Crippen LogP contribution in [0.15, 0.2) is 64.6 Å². The van der Waals surface area contributed by atoms with Gasteiger partial charge in [-0.05, 0) is 59.4 Å². The molecule has 0 saturated heterocycles. The molecule has 0 aliphatic carbocycles. The highest BCUT2D eigenvalue weighted by Gasteiger charge is 2.07. The maximum Gasteiger partial charge on any atom is 0.124 e. The van der Waals surface area contributed by atoms with Crippen molar-refractivity contribution >= 4 is 23.8 Å². The molecule has 3 rings (SSSR count). The van der Waals surface area contributed by atoms with Gasteiger partial charge in [-0.3, -0.25) is 9.98 Å². The number of hydrogen-bond donors (Lipinski definition) is 2. The minimum Gasteiger partial charge on any atom is -0.507 e. The molecule has 5 nitrogen and oxygen atoms in total. The van der Waals surface area contributed by atoms with Gasteiger partial charge in [-0.2, -0.15) is 0 Å². The molecule has 5 heteroatoms. The number of methoxy groups -OCH3 is 1. The highest BCUT2D eigenvalue weighted by molar-refractivity contribution is 5.90. The first-order valence-electron chi connectivity index (χ1n) is 10.7. The lowest BCUT2D eigenvalue weighted by molar-refractivity contribution is 0.415. The molecule has 0 aromatic heterocycles. The largest absolute Gasteiger partial charge is 0.507 e. The van der Waals surface area contributed by atoms with Crippen LogP contribution in [0, 0.1) is 0 Å². The van der Waals surface area contributed by atoms with Crippen molar-refractivity contribution in [3.8, 4) is 17.2 Å². The number of nitrogens with zero attached hydrogens (tertiary/aromatic N) is 2. The van der Waals surface area contributed by atoms with Crippen molar-refractivity contribution in [1.82, 2.24) is 0 Å². The zero-order chi connectivity index (χ0) is 23.3. The van der Waals surface area contributed by atoms with Crippen molar-refractivity contribution in [1.29, 1.82) is 0 Å². The second-order valence-corrected chi connectivity index (χ2v) is 8.32. The van der Waals surface area contributed by atoms with Gasteiger partial charge in [0.25, 0.3) is 0 Å². The molecule has 0 bridgehead atoms. The van der Waals surface area contributed by atoms with Crippen molar-refractivity contribution in [2.45, 2.75) is 39.5 Å². The molecular formula is C27H30N2O3. The number of phenols is 2. The average Bonchev–Trinajstić information content (AvgIpc) is 2.77. The number of ether oxygens (including phenoxy) is 1. The summed E-state index contributed by atoms with van der Waals surface area (Å²) < 4.78 is 5.35. The van der Waals surface area contributed by atoms with E-state index in [9.17, 15) is 10.2 Å². The van der Waals surface area contributed by atoms with Gasteiger partial charge >= 0.3 is 0 Å². The average molecular weight is 431 g/mol. The highest BCUT2D eigenvalue weighted by Crippen LogP contribution is 2.33. The van der Waals surface area contributed by atoms with Gasteiger partial charge in [0.1, 0.15) is 17.2 Å². The third-order valence-corrected chi connectivity index (χ3v) is 5.30. The standard InChI is InChI=1S/C27H30N2O3/c1-17(2)19-6-10-26(30)21(12-19)15-28-24-9-8-23(32-5)14-25(24)29-16-22-13-20(18(3)4)7-11-27(22)31/h6-18,30-31H,1-5H3. The fraction of sp³-hybridized carbons (Fsp3) is 0.259. The van der Waals surface area contributed by atoms with Gasteiger partial charge in [0.2, 0.25) is 0 Å². The summed E-state index contributed by atoms with van der Waals surface area (Å²) in [5.74, 6) is 1.68. The van der Waals surface area contributed by atoms with Crippen LogP contribution in [0.1, 0.15) is 61.8 Å². The van der Waals surface area contributed by atoms with E-state index in [1.54, 1.807) is 37.7 Å². The number of hydrogen-bond acceptors (Lipinski definition) is 5. The van der Waals surface area contributed by atoms with Crippen molar-refractivity contribution < 1.29 is 14.9 Å². The third kappa shape index (κ3) is 5.55. The molecule has 0 spiro atoms. The molecule has 166 valence electrons. The van der Waals surface area contributed by atoms with Crippen molar-refractivity contribution in [3.05, 3.63) is 76.9 Å². The molecule has 0 atom stereocenters. The van der Waals surface area contributed by atoms with Crippen molar-refractivity contribution in [2.24, 2.45) is 9.98 Å². The van der Waals surface area contributed by atoms with Crippen LogP contribution in [-0.4, -0.2) is 29.8 Å². The molecule has 0 aliphatic heterocycles. The number of phenolic OH excluding ortho intramolecular Hbond substituents is 2. The first-order valence-corrected chi connectivity index (χ1v) is 10.7. The Morgan fingerprint density at radius 1 is 0.688 bits per heavy atom. The van der Waals surface area contributed by atoms with Crippen LogP contribution < -0.4 is 4.74 Å². The van der Waals surface area contributed by atoms with E-state index in [4.69, 9.17) is 4.74 Å². The second kappa shape index (κ2) is 10.1. The topological polar surface area (TPSA) is 74.4 Å². The van der Waals surface area contributed by atoms with E-state index < -0.39 is 0 Å². The van der Waals surface area contributed by atoms with Crippen LogP contribution in [0.5, 0.6) is 17.2 Å². The lowest BCUT2D eigenvalue weighted by atomic mass is 10.0. The summed E-state index contributed by atoms with van der Waals surface area (Å²) in [4.78, 5) is 9.16. The minimum atomic E-state index is 0.168. The predicted molar refractivity (Wildman–Crippen MR) is 132 cm³/mol. The fourth-order valence-corrected chi connectivity index (χ4v) is 3.19. The van der Waals surface area contributed by atoms with Crippen LogP contribution in [0.2, 0.25) is 0 Å². The maximum absolute atomic E-state index is 10.2. The van der Waals surface area contributed by atoms with E-state index in [-0.39, 0.29) is 11.5 Å². The Labute approximate surface area is 189 Å². The van der Waals surface area contributed by atoms with Gasteiger partial charge < -0.3 is 14.9 Å². The van der Waals surface area contributed by atoms with Gasteiger partial charge in [-0.15, -0.1) is 0 Å². The molecule has 0 heterocycles. The summed E-state index contributed by atoms with van der Waals surface area (Å²) in [7, 11) is 1.60. The normalized spacial score (nSPS) is 11.8. The molecule has 2 N–H and O–H groups in total. The third-order valence-electron chi connectivity index (χ3n) is 5.30. The van der Waals surface area contributed by atoms with E-state index in [1.165, 1.54) is 0 Å². The molecule has 0 radical (unpaired) electrons. The smallest absolute Gasteiger partial charge is 0.124 e. The molecule has 32 heavy (non-hydrogen) atoms. The van der Waals surface area contributed by atoms with Gasteiger partial charge in [0, 0.05) is 29.6 Å². The van der Waals surface area contributed by atoms with Crippen LogP contribution in [0.3, 0.4) is 0 Å². The van der Waals surface area contributed by atoms with E-state index in [1.807, 2.05) is 36.4 Å². The zero-order valence-electron chi connectivity index (χ0n) is 19.2. The first-order chi connectivity index (χ1) is 15.3. The Hall–Kier alpha value is -3.60. The Bertz CT molecular complexity index is 1150. The summed E-state index contributed by atoms with van der Waals surface area (Å²) in [5.41, 5.74) is 4.73. The Morgan fingerprint density at radius 2 is 1.19 bits per heavy atom. The van der Waals surface area contributed by atoms with E-state index >= 15 is 0 Å². The molecule has 0 saturated carbocycles. The number of rotatable bonds is 7. The molecule has 3 aromatic rings. The fourth-order valence-electron chi connectivity index (χ4n) is 3.19. The van der Waals surface area contributed by atoms with E-state index in [0.29, 0.717) is 40.1 Å². The van der Waals surface area contributed by atoms with Crippen LogP contribution >= 0.6 is 0 Å². The summed E-state index contributed by atoms with van der Waals surface area (Å²) >= 11 is 0.